The van der Waals surface area contributed by atoms with E-state index in [1.807, 2.05) is 6.07 Å². The Morgan fingerprint density at radius 2 is 2.27 bits per heavy atom. The molecule has 6 nitrogen and oxygen atoms in total. The van der Waals surface area contributed by atoms with Crippen LogP contribution in [0.4, 0.5) is 0 Å². The molecule has 0 aliphatic rings. The van der Waals surface area contributed by atoms with Crippen LogP contribution < -0.4 is 0 Å². The molecule has 0 aromatic carbocycles. The molecule has 0 fully saturated rings. The topological polar surface area (TPSA) is 83.0 Å². The fraction of sp³-hybridized carbons (Fsp3) is 0.333. The first-order valence-corrected chi connectivity index (χ1v) is 9.91. The van der Waals surface area contributed by atoms with E-state index in [0.29, 0.717) is 18.8 Å². The number of aryl methyl sites for hydroxylation is 2. The van der Waals surface area contributed by atoms with Gasteiger partial charge in [-0.25, -0.2) is 9.97 Å². The normalized spacial score (nSPS) is 10.8. The summed E-state index contributed by atoms with van der Waals surface area (Å²) in [7, 11) is 0. The number of rotatable bonds is 7. The van der Waals surface area contributed by atoms with Gasteiger partial charge in [0.15, 0.2) is 0 Å². The van der Waals surface area contributed by atoms with Crippen molar-refractivity contribution in [3.8, 4) is 6.07 Å². The van der Waals surface area contributed by atoms with Crippen molar-refractivity contribution in [3.05, 3.63) is 40.9 Å². The smallest absolute Gasteiger partial charge is 0.233 e. The van der Waals surface area contributed by atoms with E-state index in [2.05, 4.69) is 29.9 Å². The number of aromatic nitrogens is 2. The van der Waals surface area contributed by atoms with Gasteiger partial charge in [0.2, 0.25) is 5.91 Å². The number of nitriles is 1. The predicted molar refractivity (Wildman–Crippen MR) is 102 cm³/mol. The Labute approximate surface area is 159 Å². The summed E-state index contributed by atoms with van der Waals surface area (Å²) in [5.74, 6) is 0.917. The molecule has 3 rings (SSSR count). The van der Waals surface area contributed by atoms with Crippen LogP contribution in [-0.2, 0) is 11.3 Å². The highest BCUT2D eigenvalue weighted by Crippen LogP contribution is 2.34. The van der Waals surface area contributed by atoms with E-state index < -0.39 is 0 Å². The highest BCUT2D eigenvalue weighted by molar-refractivity contribution is 8.00. The zero-order valence-electron chi connectivity index (χ0n) is 14.6. The summed E-state index contributed by atoms with van der Waals surface area (Å²) in [5, 5.41) is 10.7. The number of fused-ring (bicyclic) bond motifs is 1. The largest absolute Gasteiger partial charge is 0.467 e. The van der Waals surface area contributed by atoms with Gasteiger partial charge in [-0.05, 0) is 31.5 Å². The molecule has 134 valence electrons. The number of hydrogen-bond donors (Lipinski definition) is 0. The van der Waals surface area contributed by atoms with Crippen LogP contribution >= 0.6 is 23.1 Å². The first kappa shape index (κ1) is 18.4. The summed E-state index contributed by atoms with van der Waals surface area (Å²) in [6.07, 6.45) is 3.41. The van der Waals surface area contributed by atoms with Crippen LogP contribution in [0.1, 0.15) is 22.6 Å². The van der Waals surface area contributed by atoms with Crippen molar-refractivity contribution in [3.63, 3.8) is 0 Å². The molecule has 0 spiro atoms. The highest BCUT2D eigenvalue weighted by atomic mass is 32.2. The van der Waals surface area contributed by atoms with Gasteiger partial charge in [0.25, 0.3) is 0 Å². The molecular weight excluding hydrogens is 368 g/mol. The number of furan rings is 1. The highest BCUT2D eigenvalue weighted by Gasteiger charge is 2.18. The second kappa shape index (κ2) is 8.34. The van der Waals surface area contributed by atoms with Crippen LogP contribution in [0.15, 0.2) is 34.2 Å². The number of thiophene rings is 1. The predicted octanol–water partition coefficient (Wildman–Crippen LogP) is 3.94. The van der Waals surface area contributed by atoms with E-state index >= 15 is 0 Å². The van der Waals surface area contributed by atoms with Crippen molar-refractivity contribution < 1.29 is 9.21 Å². The number of nitrogens with zero attached hydrogens (tertiary/aromatic N) is 4. The van der Waals surface area contributed by atoms with Crippen LogP contribution in [-0.4, -0.2) is 33.1 Å². The molecule has 26 heavy (non-hydrogen) atoms. The lowest BCUT2D eigenvalue weighted by Crippen LogP contribution is -2.32. The molecule has 0 bridgehead atoms. The molecule has 0 aliphatic carbocycles. The standard InChI is InChI=1S/C18H18N4O2S2/c1-12-13(2)26-18-16(12)17(20-11-21-18)25-10-15(23)22(7-4-6-19)9-14-5-3-8-24-14/h3,5,8,11H,4,7,9-10H2,1-2H3. The molecule has 1 amide bonds. The van der Waals surface area contributed by atoms with Gasteiger partial charge in [-0.2, -0.15) is 5.26 Å². The van der Waals surface area contributed by atoms with Gasteiger partial charge < -0.3 is 9.32 Å². The molecule has 0 saturated heterocycles. The van der Waals surface area contributed by atoms with Crippen LogP contribution in [0.2, 0.25) is 0 Å². The van der Waals surface area contributed by atoms with Crippen LogP contribution in [0, 0.1) is 25.2 Å². The van der Waals surface area contributed by atoms with Gasteiger partial charge in [-0.15, -0.1) is 11.3 Å². The van der Waals surface area contributed by atoms with Crippen molar-refractivity contribution >= 4 is 39.2 Å². The molecule has 0 radical (unpaired) electrons. The first-order valence-electron chi connectivity index (χ1n) is 8.10. The van der Waals surface area contributed by atoms with Crippen molar-refractivity contribution in [1.29, 1.82) is 5.26 Å². The fourth-order valence-electron chi connectivity index (χ4n) is 2.55. The van der Waals surface area contributed by atoms with Crippen LogP contribution in [0.25, 0.3) is 10.2 Å². The Morgan fingerprint density at radius 1 is 1.42 bits per heavy atom. The zero-order valence-corrected chi connectivity index (χ0v) is 16.2. The van der Waals surface area contributed by atoms with Gasteiger partial charge in [-0.3, -0.25) is 4.79 Å². The van der Waals surface area contributed by atoms with E-state index in [0.717, 1.165) is 20.8 Å². The van der Waals surface area contributed by atoms with E-state index in [-0.39, 0.29) is 18.1 Å². The fourth-order valence-corrected chi connectivity index (χ4v) is 4.57. The minimum atomic E-state index is -0.0435. The maximum absolute atomic E-state index is 12.7. The molecule has 8 heteroatoms. The van der Waals surface area contributed by atoms with Gasteiger partial charge in [0.05, 0.1) is 31.1 Å². The van der Waals surface area contributed by atoms with E-state index in [1.54, 1.807) is 34.9 Å². The summed E-state index contributed by atoms with van der Waals surface area (Å²) in [5.41, 5.74) is 1.16. The maximum atomic E-state index is 12.7. The van der Waals surface area contributed by atoms with Gasteiger partial charge in [0.1, 0.15) is 21.9 Å². The molecule has 3 aromatic rings. The molecule has 3 aromatic heterocycles. The maximum Gasteiger partial charge on any atom is 0.233 e. The molecule has 3 heterocycles. The monoisotopic (exact) mass is 386 g/mol. The zero-order chi connectivity index (χ0) is 18.5. The average molecular weight is 387 g/mol. The Balaban J connectivity index is 1.73. The van der Waals surface area contributed by atoms with Crippen molar-refractivity contribution in [2.45, 2.75) is 31.8 Å². The second-order valence-corrected chi connectivity index (χ2v) is 7.90. The minimum absolute atomic E-state index is 0.0435. The Morgan fingerprint density at radius 3 is 3.00 bits per heavy atom. The average Bonchev–Trinajstić information content (AvgIpc) is 3.25. The second-order valence-electron chi connectivity index (χ2n) is 5.73. The lowest BCUT2D eigenvalue weighted by Gasteiger charge is -2.20. The molecular formula is C18H18N4O2S2. The number of thioether (sulfide) groups is 1. The molecule has 0 aliphatic heterocycles. The third-order valence-corrected chi connectivity index (χ3v) is 6.13. The summed E-state index contributed by atoms with van der Waals surface area (Å²) in [4.78, 5) is 25.2. The van der Waals surface area contributed by atoms with Crippen molar-refractivity contribution in [2.24, 2.45) is 0 Å². The quantitative estimate of drug-likeness (QED) is 0.452. The lowest BCUT2D eigenvalue weighted by molar-refractivity contribution is -0.129. The molecule has 0 unspecified atom stereocenters. The third kappa shape index (κ3) is 4.06. The van der Waals surface area contributed by atoms with Crippen LogP contribution in [0.5, 0.6) is 0 Å². The van der Waals surface area contributed by atoms with Gasteiger partial charge >= 0.3 is 0 Å². The van der Waals surface area contributed by atoms with Gasteiger partial charge in [-0.1, -0.05) is 11.8 Å². The number of carbonyl (C=O) groups excluding carboxylic acids is 1. The van der Waals surface area contributed by atoms with Gasteiger partial charge in [0, 0.05) is 16.8 Å². The van der Waals surface area contributed by atoms with Crippen LogP contribution in [0.3, 0.4) is 0 Å². The number of amides is 1. The summed E-state index contributed by atoms with van der Waals surface area (Å²) >= 11 is 3.05. The minimum Gasteiger partial charge on any atom is -0.467 e. The van der Waals surface area contributed by atoms with E-state index in [1.165, 1.54) is 16.6 Å². The van der Waals surface area contributed by atoms with Crippen molar-refractivity contribution in [2.75, 3.05) is 12.3 Å². The Hall–Kier alpha value is -2.37. The van der Waals surface area contributed by atoms with E-state index in [9.17, 15) is 4.79 Å². The van der Waals surface area contributed by atoms with E-state index in [4.69, 9.17) is 9.68 Å². The third-order valence-electron chi connectivity index (χ3n) is 4.04. The summed E-state index contributed by atoms with van der Waals surface area (Å²) < 4.78 is 5.33. The SMILES string of the molecule is Cc1sc2ncnc(SCC(=O)N(CCC#N)Cc3ccco3)c2c1C. The Kier molecular flexibility index (Phi) is 5.91. The summed E-state index contributed by atoms with van der Waals surface area (Å²) in [6, 6.07) is 5.70. The number of carbonyl (C=O) groups is 1. The molecule has 0 saturated carbocycles. The lowest BCUT2D eigenvalue weighted by atomic mass is 10.2. The number of hydrogen-bond acceptors (Lipinski definition) is 7. The Bertz CT molecular complexity index is 944. The molecule has 0 N–H and O–H groups in total. The van der Waals surface area contributed by atoms with Crippen molar-refractivity contribution in [1.82, 2.24) is 14.9 Å². The summed E-state index contributed by atoms with van der Waals surface area (Å²) in [6.45, 7) is 4.87. The molecule has 0 atom stereocenters. The first-order chi connectivity index (χ1) is 12.6.